The van der Waals surface area contributed by atoms with E-state index in [1.807, 2.05) is 60.7 Å². The maximum absolute atomic E-state index is 13.2. The van der Waals surface area contributed by atoms with Crippen LogP contribution < -0.4 is 0 Å². The summed E-state index contributed by atoms with van der Waals surface area (Å²) in [7, 11) is 0. The lowest BCUT2D eigenvalue weighted by atomic mass is 9.31. The van der Waals surface area contributed by atoms with Gasteiger partial charge in [0.25, 0.3) is 0 Å². The van der Waals surface area contributed by atoms with Crippen LogP contribution in [0, 0.1) is 68.0 Å². The SMILES string of the molecule is CC1C(C#N)=CCC2(COC(=O)c3ccccc3)CCC3(C)C(CCC4C5(C)CCC(OC(=O)c6ccccc6)C(C)(C)C5CCC43C)C12. The molecule has 2 aromatic rings. The predicted molar refractivity (Wildman–Crippen MR) is 191 cm³/mol. The van der Waals surface area contributed by atoms with Gasteiger partial charge in [-0.15, -0.1) is 0 Å². The van der Waals surface area contributed by atoms with E-state index in [0.717, 1.165) is 50.5 Å². The molecule has 5 aliphatic carbocycles. The molecule has 0 N–H and O–H groups in total. The lowest BCUT2D eigenvalue weighted by Crippen LogP contribution is -2.67. The molecule has 0 aromatic heterocycles. The third kappa shape index (κ3) is 5.13. The van der Waals surface area contributed by atoms with Crippen LogP contribution in [0.3, 0.4) is 0 Å². The van der Waals surface area contributed by atoms with Crippen molar-refractivity contribution in [3.05, 3.63) is 83.4 Å². The quantitative estimate of drug-likeness (QED) is 0.298. The second-order valence-corrected chi connectivity index (χ2v) is 17.9. The summed E-state index contributed by atoms with van der Waals surface area (Å²) < 4.78 is 12.5. The highest BCUT2D eigenvalue weighted by atomic mass is 16.5. The van der Waals surface area contributed by atoms with Crippen LogP contribution in [0.15, 0.2) is 72.3 Å². The first-order chi connectivity index (χ1) is 23.3. The predicted octanol–water partition coefficient (Wildman–Crippen LogP) is 10.2. The Morgan fingerprint density at radius 3 is 2.08 bits per heavy atom. The maximum atomic E-state index is 13.2. The number of hydrogen-bond donors (Lipinski definition) is 0. The van der Waals surface area contributed by atoms with E-state index < -0.39 is 0 Å². The van der Waals surface area contributed by atoms with Gasteiger partial charge in [0.05, 0.1) is 23.8 Å². The van der Waals surface area contributed by atoms with Crippen molar-refractivity contribution < 1.29 is 19.1 Å². The number of hydrogen-bond acceptors (Lipinski definition) is 5. The van der Waals surface area contributed by atoms with E-state index in [1.165, 1.54) is 12.8 Å². The third-order valence-corrected chi connectivity index (χ3v) is 15.8. The van der Waals surface area contributed by atoms with Gasteiger partial charge in [0, 0.05) is 16.4 Å². The number of esters is 2. The van der Waals surface area contributed by atoms with Crippen LogP contribution in [-0.4, -0.2) is 24.6 Å². The van der Waals surface area contributed by atoms with Gasteiger partial charge in [-0.2, -0.15) is 5.26 Å². The molecule has 4 fully saturated rings. The molecule has 10 atom stereocenters. The normalized spacial score (nSPS) is 40.6. The van der Waals surface area contributed by atoms with Gasteiger partial charge in [-0.05, 0) is 128 Å². The van der Waals surface area contributed by atoms with Gasteiger partial charge in [0.2, 0.25) is 0 Å². The van der Waals surface area contributed by atoms with E-state index in [4.69, 9.17) is 9.47 Å². The summed E-state index contributed by atoms with van der Waals surface area (Å²) in [5.74, 6) is 1.49. The summed E-state index contributed by atoms with van der Waals surface area (Å²) in [6.45, 7) is 15.2. The Kier molecular flexibility index (Phi) is 8.44. The second kappa shape index (κ2) is 12.1. The van der Waals surface area contributed by atoms with Crippen LogP contribution >= 0.6 is 0 Å². The first-order valence-corrected chi connectivity index (χ1v) is 18.9. The fourth-order valence-electron chi connectivity index (χ4n) is 13.1. The van der Waals surface area contributed by atoms with Crippen molar-refractivity contribution in [2.24, 2.45) is 56.7 Å². The number of nitriles is 1. The van der Waals surface area contributed by atoms with Gasteiger partial charge in [-0.1, -0.05) is 84.0 Å². The fourth-order valence-corrected chi connectivity index (χ4v) is 13.1. The van der Waals surface area contributed by atoms with Gasteiger partial charge < -0.3 is 9.47 Å². The maximum Gasteiger partial charge on any atom is 0.338 e. The molecule has 5 aliphatic rings. The van der Waals surface area contributed by atoms with Crippen molar-refractivity contribution in [3.63, 3.8) is 0 Å². The van der Waals surface area contributed by atoms with Gasteiger partial charge >= 0.3 is 11.9 Å². The molecule has 0 spiro atoms. The van der Waals surface area contributed by atoms with Gasteiger partial charge in [0.15, 0.2) is 0 Å². The topological polar surface area (TPSA) is 76.4 Å². The minimum atomic E-state index is -0.251. The lowest BCUT2D eigenvalue weighted by Gasteiger charge is -2.73. The zero-order valence-corrected chi connectivity index (χ0v) is 30.5. The van der Waals surface area contributed by atoms with Crippen LogP contribution in [-0.2, 0) is 9.47 Å². The summed E-state index contributed by atoms with van der Waals surface area (Å²) >= 11 is 0. The smallest absolute Gasteiger partial charge is 0.338 e. The van der Waals surface area contributed by atoms with Gasteiger partial charge in [-0.25, -0.2) is 9.59 Å². The molecule has 0 bridgehead atoms. The van der Waals surface area contributed by atoms with Crippen molar-refractivity contribution >= 4 is 11.9 Å². The zero-order chi connectivity index (χ0) is 34.8. The molecule has 5 heteroatoms. The number of rotatable bonds is 5. The lowest BCUT2D eigenvalue weighted by molar-refractivity contribution is -0.253. The van der Waals surface area contributed by atoms with Gasteiger partial charge in [0.1, 0.15) is 6.10 Å². The monoisotopic (exact) mass is 661 g/mol. The molecule has 0 heterocycles. The molecule has 0 amide bonds. The zero-order valence-electron chi connectivity index (χ0n) is 30.5. The molecule has 7 rings (SSSR count). The molecular formula is C44H55NO4. The molecular weight excluding hydrogens is 606 g/mol. The highest BCUT2D eigenvalue weighted by Crippen LogP contribution is 2.77. The minimum Gasteiger partial charge on any atom is -0.461 e. The number of benzene rings is 2. The number of carbonyl (C=O) groups excluding carboxylic acids is 2. The summed E-state index contributed by atoms with van der Waals surface area (Å²) in [5, 5.41) is 10.2. The average Bonchev–Trinajstić information content (AvgIpc) is 3.09. The van der Waals surface area contributed by atoms with E-state index in [0.29, 0.717) is 41.4 Å². The molecule has 49 heavy (non-hydrogen) atoms. The molecule has 260 valence electrons. The summed E-state index contributed by atoms with van der Waals surface area (Å²) in [6, 6.07) is 21.3. The van der Waals surface area contributed by atoms with E-state index >= 15 is 0 Å². The van der Waals surface area contributed by atoms with Crippen LogP contribution in [0.1, 0.15) is 120 Å². The van der Waals surface area contributed by atoms with Crippen LogP contribution in [0.5, 0.6) is 0 Å². The average molecular weight is 662 g/mol. The fraction of sp³-hybridized carbons (Fsp3) is 0.614. The Bertz CT molecular complexity index is 1660. The van der Waals surface area contributed by atoms with Crippen molar-refractivity contribution in [2.45, 2.75) is 105 Å². The molecule has 2 aromatic carbocycles. The highest BCUT2D eigenvalue weighted by molar-refractivity contribution is 5.89. The van der Waals surface area contributed by atoms with E-state index in [-0.39, 0.29) is 51.0 Å². The van der Waals surface area contributed by atoms with Crippen LogP contribution in [0.25, 0.3) is 0 Å². The molecule has 10 unspecified atom stereocenters. The summed E-state index contributed by atoms with van der Waals surface area (Å²) in [5.41, 5.74) is 2.30. The number of fused-ring (bicyclic) bond motifs is 7. The Hall–Kier alpha value is -3.39. The Morgan fingerprint density at radius 1 is 0.776 bits per heavy atom. The highest BCUT2D eigenvalue weighted by Gasteiger charge is 2.70. The Labute approximate surface area is 293 Å². The van der Waals surface area contributed by atoms with Crippen LogP contribution in [0.2, 0.25) is 0 Å². The van der Waals surface area contributed by atoms with Crippen molar-refractivity contribution in [1.82, 2.24) is 0 Å². The standard InChI is InChI=1S/C44H55NO4/c1-29-32(27-45)19-24-44(28-48-38(46)30-13-9-7-10-14-30)26-25-42(5)33(37(29)44)17-18-35-41(4)22-21-36(49-39(47)31-15-11-8-12-16-31)40(2,3)34(41)20-23-43(35,42)6/h7-16,19,29,33-37H,17-18,20-26,28H2,1-6H3. The number of ether oxygens (including phenoxy) is 2. The summed E-state index contributed by atoms with van der Waals surface area (Å²) in [6.07, 6.45) is 11.6. The molecule has 0 aliphatic heterocycles. The first kappa shape index (κ1) is 34.1. The van der Waals surface area contributed by atoms with E-state index in [9.17, 15) is 14.9 Å². The van der Waals surface area contributed by atoms with Gasteiger partial charge in [-0.3, -0.25) is 0 Å². The Morgan fingerprint density at radius 2 is 1.43 bits per heavy atom. The largest absolute Gasteiger partial charge is 0.461 e. The van der Waals surface area contributed by atoms with Crippen LogP contribution in [0.4, 0.5) is 0 Å². The molecule has 4 saturated carbocycles. The van der Waals surface area contributed by atoms with E-state index in [1.54, 1.807) is 0 Å². The Balaban J connectivity index is 1.16. The minimum absolute atomic E-state index is 0.0947. The van der Waals surface area contributed by atoms with Crippen molar-refractivity contribution in [3.8, 4) is 6.07 Å². The summed E-state index contributed by atoms with van der Waals surface area (Å²) in [4.78, 5) is 26.4. The number of allylic oxidation sites excluding steroid dienone is 2. The number of nitrogens with zero attached hydrogens (tertiary/aromatic N) is 1. The first-order valence-electron chi connectivity index (χ1n) is 18.9. The van der Waals surface area contributed by atoms with Crippen molar-refractivity contribution in [2.75, 3.05) is 6.61 Å². The molecule has 0 radical (unpaired) electrons. The molecule has 5 nitrogen and oxygen atoms in total. The van der Waals surface area contributed by atoms with E-state index in [2.05, 4.69) is 53.7 Å². The number of carbonyl (C=O) groups is 2. The third-order valence-electron chi connectivity index (χ3n) is 15.8. The molecule has 0 saturated heterocycles. The second-order valence-electron chi connectivity index (χ2n) is 17.9. The van der Waals surface area contributed by atoms with Crippen molar-refractivity contribution in [1.29, 1.82) is 5.26 Å².